The smallest absolute Gasteiger partial charge is 0.326 e. The molecule has 1 aliphatic carbocycles. The Morgan fingerprint density at radius 1 is 1.38 bits per heavy atom. The number of amides is 1. The molecule has 6 atom stereocenters. The quantitative estimate of drug-likeness (QED) is 0.648. The molecule has 0 radical (unpaired) electrons. The first-order chi connectivity index (χ1) is 12.4. The average molecular weight is 364 g/mol. The number of hydrogen-bond donors (Lipinski definition) is 3. The van der Waals surface area contributed by atoms with Crippen molar-refractivity contribution in [1.82, 2.24) is 10.6 Å². The van der Waals surface area contributed by atoms with Crippen LogP contribution in [0.2, 0.25) is 0 Å². The third-order valence-corrected chi connectivity index (χ3v) is 5.48. The molecule has 0 aromatic heterocycles. The van der Waals surface area contributed by atoms with Crippen LogP contribution in [0, 0.1) is 17.7 Å². The zero-order chi connectivity index (χ0) is 18.8. The molecular formula is C19H25FN2O4. The highest BCUT2D eigenvalue weighted by molar-refractivity contribution is 5.85. The van der Waals surface area contributed by atoms with E-state index in [1.54, 1.807) is 20.1 Å². The van der Waals surface area contributed by atoms with Crippen molar-refractivity contribution in [3.8, 4) is 0 Å². The van der Waals surface area contributed by atoms with Gasteiger partial charge in [0.1, 0.15) is 11.9 Å². The lowest BCUT2D eigenvalue weighted by Gasteiger charge is -2.29. The fourth-order valence-corrected chi connectivity index (χ4v) is 3.86. The Labute approximate surface area is 152 Å². The van der Waals surface area contributed by atoms with E-state index >= 15 is 0 Å². The van der Waals surface area contributed by atoms with Gasteiger partial charge in [0.15, 0.2) is 0 Å². The molecule has 3 rings (SSSR count). The molecule has 0 spiro atoms. The summed E-state index contributed by atoms with van der Waals surface area (Å²) in [6, 6.07) is 5.41. The molecule has 1 saturated heterocycles. The van der Waals surface area contributed by atoms with E-state index in [9.17, 15) is 19.1 Å². The molecule has 7 heteroatoms. The number of aliphatic carboxylic acids is 1. The third kappa shape index (κ3) is 4.04. The highest BCUT2D eigenvalue weighted by Gasteiger charge is 2.49. The van der Waals surface area contributed by atoms with Gasteiger partial charge in [-0.3, -0.25) is 4.79 Å². The molecule has 1 aromatic rings. The minimum atomic E-state index is -1.19. The van der Waals surface area contributed by atoms with Crippen LogP contribution in [-0.4, -0.2) is 48.3 Å². The minimum Gasteiger partial charge on any atom is -0.480 e. The van der Waals surface area contributed by atoms with Gasteiger partial charge < -0.3 is 20.5 Å². The second-order valence-electron chi connectivity index (χ2n) is 7.30. The average Bonchev–Trinajstić information content (AvgIpc) is 3.22. The summed E-state index contributed by atoms with van der Waals surface area (Å²) in [5.74, 6) is -1.92. The lowest BCUT2D eigenvalue weighted by atomic mass is 9.94. The molecule has 1 aliphatic heterocycles. The van der Waals surface area contributed by atoms with Crippen LogP contribution in [0.15, 0.2) is 24.3 Å². The highest BCUT2D eigenvalue weighted by Crippen LogP contribution is 2.42. The van der Waals surface area contributed by atoms with Crippen molar-refractivity contribution in [1.29, 1.82) is 0 Å². The van der Waals surface area contributed by atoms with Crippen molar-refractivity contribution >= 4 is 11.9 Å². The molecule has 1 amide bonds. The normalized spacial score (nSPS) is 27.3. The number of piperidine rings is 1. The molecule has 142 valence electrons. The van der Waals surface area contributed by atoms with Gasteiger partial charge in [-0.1, -0.05) is 25.1 Å². The molecule has 1 saturated carbocycles. The van der Waals surface area contributed by atoms with Crippen LogP contribution < -0.4 is 10.6 Å². The van der Waals surface area contributed by atoms with Gasteiger partial charge in [0.25, 0.3) is 0 Å². The molecule has 2 fully saturated rings. The zero-order valence-corrected chi connectivity index (χ0v) is 14.9. The van der Waals surface area contributed by atoms with E-state index in [2.05, 4.69) is 10.6 Å². The molecule has 0 unspecified atom stereocenters. The standard InChI is InChI=1S/C19H25FN2O4/c1-10(17(26-2)15-9-12-8-14(12)21-15)18(23)22-16(19(24)25)7-11-5-3-4-6-13(11)20/h3-6,10,12,14-17,21H,7-9H2,1-2H3,(H,22,23)(H,24,25)/t10-,12+,14+,15+,16+,17-/m1/s1. The van der Waals surface area contributed by atoms with Gasteiger partial charge in [-0.25, -0.2) is 9.18 Å². The van der Waals surface area contributed by atoms with Gasteiger partial charge in [0, 0.05) is 25.6 Å². The first kappa shape index (κ1) is 18.8. The van der Waals surface area contributed by atoms with E-state index in [1.165, 1.54) is 24.6 Å². The van der Waals surface area contributed by atoms with E-state index in [4.69, 9.17) is 4.74 Å². The fraction of sp³-hybridized carbons (Fsp3) is 0.579. The maximum absolute atomic E-state index is 13.8. The van der Waals surface area contributed by atoms with Crippen molar-refractivity contribution in [2.75, 3.05) is 7.11 Å². The van der Waals surface area contributed by atoms with Crippen LogP contribution in [0.5, 0.6) is 0 Å². The first-order valence-electron chi connectivity index (χ1n) is 8.96. The number of fused-ring (bicyclic) bond motifs is 1. The lowest BCUT2D eigenvalue weighted by molar-refractivity contribution is -0.143. The van der Waals surface area contributed by atoms with E-state index in [0.717, 1.165) is 6.42 Å². The number of carbonyl (C=O) groups is 2. The van der Waals surface area contributed by atoms with E-state index in [-0.39, 0.29) is 24.1 Å². The second kappa shape index (κ2) is 7.72. The summed E-state index contributed by atoms with van der Waals surface area (Å²) in [6.07, 6.45) is 1.71. The summed E-state index contributed by atoms with van der Waals surface area (Å²) in [6.45, 7) is 1.73. The van der Waals surface area contributed by atoms with Crippen LogP contribution in [0.1, 0.15) is 25.3 Å². The van der Waals surface area contributed by atoms with Crippen molar-refractivity contribution in [2.24, 2.45) is 11.8 Å². The summed E-state index contributed by atoms with van der Waals surface area (Å²) in [5.41, 5.74) is 0.258. The summed E-state index contributed by atoms with van der Waals surface area (Å²) < 4.78 is 19.3. The van der Waals surface area contributed by atoms with Crippen LogP contribution >= 0.6 is 0 Å². The lowest BCUT2D eigenvalue weighted by Crippen LogP contribution is -2.51. The number of hydrogen-bond acceptors (Lipinski definition) is 4. The number of benzene rings is 1. The summed E-state index contributed by atoms with van der Waals surface area (Å²) in [7, 11) is 1.56. The largest absolute Gasteiger partial charge is 0.480 e. The predicted octanol–water partition coefficient (Wildman–Crippen LogP) is 1.34. The SMILES string of the molecule is CO[C@@H]([C@@H]1C[C@@H]2C[C@@H]2N1)[C@@H](C)C(=O)N[C@@H](Cc1ccccc1F)C(=O)O. The molecule has 2 aliphatic rings. The number of carbonyl (C=O) groups excluding carboxylic acids is 1. The number of ether oxygens (including phenoxy) is 1. The Balaban J connectivity index is 1.63. The van der Waals surface area contributed by atoms with E-state index in [0.29, 0.717) is 12.0 Å². The number of carboxylic acid groups (broad SMARTS) is 1. The maximum Gasteiger partial charge on any atom is 0.326 e. The minimum absolute atomic E-state index is 0.0966. The topological polar surface area (TPSA) is 87.7 Å². The number of methoxy groups -OCH3 is 1. The number of rotatable bonds is 8. The van der Waals surface area contributed by atoms with Crippen LogP contribution in [0.25, 0.3) is 0 Å². The van der Waals surface area contributed by atoms with Crippen molar-refractivity contribution in [3.63, 3.8) is 0 Å². The van der Waals surface area contributed by atoms with Gasteiger partial charge in [-0.2, -0.15) is 0 Å². The first-order valence-corrected chi connectivity index (χ1v) is 8.96. The van der Waals surface area contributed by atoms with Gasteiger partial charge in [0.05, 0.1) is 12.0 Å². The second-order valence-corrected chi connectivity index (χ2v) is 7.30. The van der Waals surface area contributed by atoms with Crippen LogP contribution in [0.4, 0.5) is 4.39 Å². The van der Waals surface area contributed by atoms with Crippen LogP contribution in [-0.2, 0) is 20.7 Å². The molecule has 26 heavy (non-hydrogen) atoms. The number of halogens is 1. The Bertz CT molecular complexity index is 673. The van der Waals surface area contributed by atoms with Crippen molar-refractivity contribution in [3.05, 3.63) is 35.6 Å². The Morgan fingerprint density at radius 2 is 2.12 bits per heavy atom. The molecule has 0 bridgehead atoms. The molecule has 6 nitrogen and oxygen atoms in total. The number of carboxylic acids is 1. The van der Waals surface area contributed by atoms with Gasteiger partial charge in [-0.05, 0) is 30.4 Å². The van der Waals surface area contributed by atoms with Crippen LogP contribution in [0.3, 0.4) is 0 Å². The Hall–Kier alpha value is -1.99. The van der Waals surface area contributed by atoms with E-state index < -0.39 is 29.7 Å². The van der Waals surface area contributed by atoms with Crippen molar-refractivity contribution in [2.45, 2.75) is 50.4 Å². The molecule has 1 aromatic carbocycles. The summed E-state index contributed by atoms with van der Waals surface area (Å²) in [4.78, 5) is 24.1. The summed E-state index contributed by atoms with van der Waals surface area (Å²) in [5, 5.41) is 15.4. The fourth-order valence-electron chi connectivity index (χ4n) is 3.86. The predicted molar refractivity (Wildman–Crippen MR) is 93.1 cm³/mol. The molecule has 3 N–H and O–H groups in total. The zero-order valence-electron chi connectivity index (χ0n) is 14.9. The Kier molecular flexibility index (Phi) is 5.58. The maximum atomic E-state index is 13.8. The summed E-state index contributed by atoms with van der Waals surface area (Å²) >= 11 is 0. The third-order valence-electron chi connectivity index (χ3n) is 5.48. The van der Waals surface area contributed by atoms with Gasteiger partial charge >= 0.3 is 5.97 Å². The monoisotopic (exact) mass is 364 g/mol. The molecular weight excluding hydrogens is 339 g/mol. The highest BCUT2D eigenvalue weighted by atomic mass is 19.1. The Morgan fingerprint density at radius 3 is 2.69 bits per heavy atom. The van der Waals surface area contributed by atoms with Crippen molar-refractivity contribution < 1.29 is 23.8 Å². The molecule has 1 heterocycles. The van der Waals surface area contributed by atoms with E-state index in [1.807, 2.05) is 0 Å². The van der Waals surface area contributed by atoms with Gasteiger partial charge in [-0.15, -0.1) is 0 Å². The van der Waals surface area contributed by atoms with Gasteiger partial charge in [0.2, 0.25) is 5.91 Å². The number of nitrogens with one attached hydrogen (secondary N) is 2.